The van der Waals surface area contributed by atoms with Crippen LogP contribution in [0.5, 0.6) is 11.5 Å². The maximum absolute atomic E-state index is 11.1. The van der Waals surface area contributed by atoms with Gasteiger partial charge in [-0.1, -0.05) is 17.4 Å². The van der Waals surface area contributed by atoms with Crippen molar-refractivity contribution in [2.24, 2.45) is 0 Å². The Bertz CT molecular complexity index is 665. The molecule has 116 valence electrons. The average molecular weight is 301 g/mol. The number of carbonyl (C=O) groups is 1. The molecule has 0 amide bonds. The predicted octanol–water partition coefficient (Wildman–Crippen LogP) is 2.08. The van der Waals surface area contributed by atoms with E-state index in [2.05, 4.69) is 16.9 Å². The van der Waals surface area contributed by atoms with Gasteiger partial charge in [0, 0.05) is 0 Å². The van der Waals surface area contributed by atoms with Crippen LogP contribution in [-0.4, -0.2) is 35.5 Å². The highest BCUT2D eigenvalue weighted by atomic mass is 16.5. The third-order valence-corrected chi connectivity index (χ3v) is 3.38. The molecule has 0 unspecified atom stereocenters. The number of aryl methyl sites for hydroxylation is 1. The summed E-state index contributed by atoms with van der Waals surface area (Å²) in [6.45, 7) is 4.21. The standard InChI is InChI=1S/C16H19N3O3/c1-4-9-19-14(13(11-20)17-18-19)7-5-12-6-8-15(21-2)16(10-12)22-3/h4,6,8,10-11H,1,5,7,9H2,2-3H3. The summed E-state index contributed by atoms with van der Waals surface area (Å²) in [7, 11) is 3.21. The Hall–Kier alpha value is -2.63. The minimum atomic E-state index is 0.377. The Morgan fingerprint density at radius 1 is 1.23 bits per heavy atom. The van der Waals surface area contributed by atoms with Crippen molar-refractivity contribution in [1.29, 1.82) is 0 Å². The number of aldehydes is 1. The first-order valence-electron chi connectivity index (χ1n) is 6.92. The molecule has 1 heterocycles. The monoisotopic (exact) mass is 301 g/mol. The molecule has 0 saturated heterocycles. The Morgan fingerprint density at radius 3 is 2.64 bits per heavy atom. The van der Waals surface area contributed by atoms with E-state index < -0.39 is 0 Å². The van der Waals surface area contributed by atoms with E-state index in [4.69, 9.17) is 9.47 Å². The quantitative estimate of drug-likeness (QED) is 0.551. The molecule has 1 aromatic carbocycles. The molecule has 0 N–H and O–H groups in total. The van der Waals surface area contributed by atoms with Crippen LogP contribution >= 0.6 is 0 Å². The molecule has 0 bridgehead atoms. The van der Waals surface area contributed by atoms with Crippen molar-refractivity contribution in [2.45, 2.75) is 19.4 Å². The van der Waals surface area contributed by atoms with Crippen molar-refractivity contribution in [3.63, 3.8) is 0 Å². The topological polar surface area (TPSA) is 66.2 Å². The van der Waals surface area contributed by atoms with Gasteiger partial charge in [-0.25, -0.2) is 4.68 Å². The van der Waals surface area contributed by atoms with E-state index >= 15 is 0 Å². The molecule has 6 nitrogen and oxygen atoms in total. The normalized spacial score (nSPS) is 10.3. The Kier molecular flexibility index (Phi) is 5.30. The first kappa shape index (κ1) is 15.8. The lowest BCUT2D eigenvalue weighted by Crippen LogP contribution is -2.06. The molecule has 6 heteroatoms. The van der Waals surface area contributed by atoms with Gasteiger partial charge in [-0.3, -0.25) is 4.79 Å². The van der Waals surface area contributed by atoms with Crippen LogP contribution in [0.2, 0.25) is 0 Å². The van der Waals surface area contributed by atoms with Crippen LogP contribution in [0.15, 0.2) is 30.9 Å². The fourth-order valence-electron chi connectivity index (χ4n) is 2.26. The predicted molar refractivity (Wildman–Crippen MR) is 82.6 cm³/mol. The maximum Gasteiger partial charge on any atom is 0.172 e. The lowest BCUT2D eigenvalue weighted by atomic mass is 10.1. The summed E-state index contributed by atoms with van der Waals surface area (Å²) in [5, 5.41) is 7.85. The summed E-state index contributed by atoms with van der Waals surface area (Å²) >= 11 is 0. The van der Waals surface area contributed by atoms with Crippen LogP contribution in [0.1, 0.15) is 21.7 Å². The molecule has 1 aromatic heterocycles. The highest BCUT2D eigenvalue weighted by Gasteiger charge is 2.12. The highest BCUT2D eigenvalue weighted by Crippen LogP contribution is 2.28. The molecule has 0 aliphatic carbocycles. The third kappa shape index (κ3) is 3.33. The van der Waals surface area contributed by atoms with E-state index in [1.807, 2.05) is 18.2 Å². The van der Waals surface area contributed by atoms with Gasteiger partial charge in [0.1, 0.15) is 5.69 Å². The number of rotatable bonds is 8. The van der Waals surface area contributed by atoms with Gasteiger partial charge in [0.05, 0.1) is 26.5 Å². The zero-order valence-electron chi connectivity index (χ0n) is 12.8. The number of methoxy groups -OCH3 is 2. The SMILES string of the molecule is C=CCn1nnc(C=O)c1CCc1ccc(OC)c(OC)c1. The Morgan fingerprint density at radius 2 is 2.00 bits per heavy atom. The van der Waals surface area contributed by atoms with Crippen LogP contribution in [0, 0.1) is 0 Å². The molecule has 22 heavy (non-hydrogen) atoms. The van der Waals surface area contributed by atoms with Crippen LogP contribution in [-0.2, 0) is 19.4 Å². The summed E-state index contributed by atoms with van der Waals surface area (Å²) in [6, 6.07) is 5.78. The van der Waals surface area contributed by atoms with Gasteiger partial charge in [-0.2, -0.15) is 0 Å². The smallest absolute Gasteiger partial charge is 0.172 e. The Balaban J connectivity index is 2.17. The maximum atomic E-state index is 11.1. The molecule has 0 fully saturated rings. The number of nitrogens with zero attached hydrogens (tertiary/aromatic N) is 3. The molecule has 2 aromatic rings. The van der Waals surface area contributed by atoms with Crippen LogP contribution in [0.4, 0.5) is 0 Å². The lowest BCUT2D eigenvalue weighted by Gasteiger charge is -2.10. The summed E-state index contributed by atoms with van der Waals surface area (Å²) in [6.07, 6.45) is 3.86. The van der Waals surface area contributed by atoms with Gasteiger partial charge >= 0.3 is 0 Å². The molecule has 0 aliphatic heterocycles. The molecular formula is C16H19N3O3. The highest BCUT2D eigenvalue weighted by molar-refractivity contribution is 5.73. The number of ether oxygens (including phenoxy) is 2. The fraction of sp³-hybridized carbons (Fsp3) is 0.312. The number of benzene rings is 1. The van der Waals surface area contributed by atoms with E-state index in [9.17, 15) is 4.79 Å². The minimum Gasteiger partial charge on any atom is -0.493 e. The van der Waals surface area contributed by atoms with Gasteiger partial charge in [-0.05, 0) is 30.5 Å². The fourth-order valence-corrected chi connectivity index (χ4v) is 2.26. The summed E-state index contributed by atoms with van der Waals surface area (Å²) in [5.41, 5.74) is 2.27. The van der Waals surface area contributed by atoms with Gasteiger partial charge < -0.3 is 9.47 Å². The number of aromatic nitrogens is 3. The zero-order valence-corrected chi connectivity index (χ0v) is 12.8. The third-order valence-electron chi connectivity index (χ3n) is 3.38. The van der Waals surface area contributed by atoms with Gasteiger partial charge in [0.25, 0.3) is 0 Å². The van der Waals surface area contributed by atoms with Gasteiger partial charge in [0.15, 0.2) is 17.8 Å². The largest absolute Gasteiger partial charge is 0.493 e. The lowest BCUT2D eigenvalue weighted by molar-refractivity contribution is 0.111. The number of carbonyl (C=O) groups excluding carboxylic acids is 1. The number of hydrogen-bond acceptors (Lipinski definition) is 5. The molecule has 2 rings (SSSR count). The zero-order chi connectivity index (χ0) is 15.9. The summed E-state index contributed by atoms with van der Waals surface area (Å²) < 4.78 is 12.2. The average Bonchev–Trinajstić information content (AvgIpc) is 2.94. The summed E-state index contributed by atoms with van der Waals surface area (Å²) in [4.78, 5) is 11.1. The molecule has 0 atom stereocenters. The van der Waals surface area contributed by atoms with E-state index in [0.29, 0.717) is 30.2 Å². The minimum absolute atomic E-state index is 0.377. The van der Waals surface area contributed by atoms with Crippen molar-refractivity contribution < 1.29 is 14.3 Å². The number of allylic oxidation sites excluding steroid dienone is 1. The second-order valence-corrected chi connectivity index (χ2v) is 4.70. The first-order chi connectivity index (χ1) is 10.7. The molecule has 0 aliphatic rings. The van der Waals surface area contributed by atoms with E-state index in [0.717, 1.165) is 24.0 Å². The number of hydrogen-bond donors (Lipinski definition) is 0. The first-order valence-corrected chi connectivity index (χ1v) is 6.92. The van der Waals surface area contributed by atoms with Crippen molar-refractivity contribution >= 4 is 6.29 Å². The Labute approximate surface area is 129 Å². The van der Waals surface area contributed by atoms with Crippen LogP contribution in [0.25, 0.3) is 0 Å². The van der Waals surface area contributed by atoms with Crippen LogP contribution < -0.4 is 9.47 Å². The summed E-state index contributed by atoms with van der Waals surface area (Å²) in [5.74, 6) is 1.38. The van der Waals surface area contributed by atoms with Crippen molar-refractivity contribution in [3.8, 4) is 11.5 Å². The molecule has 0 spiro atoms. The van der Waals surface area contributed by atoms with Gasteiger partial charge in [0.2, 0.25) is 0 Å². The second-order valence-electron chi connectivity index (χ2n) is 4.70. The van der Waals surface area contributed by atoms with Crippen LogP contribution in [0.3, 0.4) is 0 Å². The van der Waals surface area contributed by atoms with Crippen molar-refractivity contribution in [1.82, 2.24) is 15.0 Å². The molecule has 0 radical (unpaired) electrons. The van der Waals surface area contributed by atoms with Crippen molar-refractivity contribution in [3.05, 3.63) is 47.8 Å². The van der Waals surface area contributed by atoms with E-state index in [1.54, 1.807) is 25.0 Å². The molecule has 0 saturated carbocycles. The van der Waals surface area contributed by atoms with E-state index in [-0.39, 0.29) is 0 Å². The van der Waals surface area contributed by atoms with E-state index in [1.165, 1.54) is 0 Å². The van der Waals surface area contributed by atoms with Gasteiger partial charge in [-0.15, -0.1) is 11.7 Å². The second kappa shape index (κ2) is 7.40. The van der Waals surface area contributed by atoms with Crippen molar-refractivity contribution in [2.75, 3.05) is 14.2 Å². The molecular weight excluding hydrogens is 282 g/mol.